The summed E-state index contributed by atoms with van der Waals surface area (Å²) in [6.07, 6.45) is 5.27. The van der Waals surface area contributed by atoms with Crippen LogP contribution in [0.3, 0.4) is 0 Å². The molecule has 0 spiro atoms. The first kappa shape index (κ1) is 13.5. The number of hydrogen-bond donors (Lipinski definition) is 2. The summed E-state index contributed by atoms with van der Waals surface area (Å²) in [4.78, 5) is 12.3. The van der Waals surface area contributed by atoms with Crippen molar-refractivity contribution in [2.75, 3.05) is 13.1 Å². The Morgan fingerprint density at radius 2 is 2.19 bits per heavy atom. The first-order valence-corrected chi connectivity index (χ1v) is 6.66. The van der Waals surface area contributed by atoms with Crippen molar-refractivity contribution in [3.05, 3.63) is 0 Å². The molecular formula is C13H26N2O. The van der Waals surface area contributed by atoms with Crippen LogP contribution in [-0.4, -0.2) is 25.0 Å². The van der Waals surface area contributed by atoms with E-state index in [1.807, 2.05) is 0 Å². The van der Waals surface area contributed by atoms with E-state index in [2.05, 4.69) is 31.4 Å². The third-order valence-corrected chi connectivity index (χ3v) is 3.55. The van der Waals surface area contributed by atoms with E-state index in [4.69, 9.17) is 0 Å². The van der Waals surface area contributed by atoms with E-state index < -0.39 is 0 Å². The summed E-state index contributed by atoms with van der Waals surface area (Å²) in [5.74, 6) is 0.264. The molecule has 0 radical (unpaired) electrons. The van der Waals surface area contributed by atoms with Crippen molar-refractivity contribution in [1.82, 2.24) is 10.6 Å². The number of rotatable bonds is 6. The van der Waals surface area contributed by atoms with Gasteiger partial charge in [0.15, 0.2) is 0 Å². The number of carbonyl (C=O) groups excluding carboxylic acids is 1. The summed E-state index contributed by atoms with van der Waals surface area (Å²) in [5.41, 5.74) is -0.128. The van der Waals surface area contributed by atoms with Crippen LogP contribution in [0.25, 0.3) is 0 Å². The summed E-state index contributed by atoms with van der Waals surface area (Å²) in [6.45, 7) is 8.24. The molecule has 1 fully saturated rings. The van der Waals surface area contributed by atoms with E-state index in [0.717, 1.165) is 45.2 Å². The van der Waals surface area contributed by atoms with Crippen molar-refractivity contribution >= 4 is 5.91 Å². The van der Waals surface area contributed by atoms with E-state index in [-0.39, 0.29) is 11.3 Å². The second-order valence-corrected chi connectivity index (χ2v) is 5.12. The van der Waals surface area contributed by atoms with Gasteiger partial charge in [0.2, 0.25) is 5.91 Å². The molecule has 0 aromatic carbocycles. The third kappa shape index (κ3) is 3.21. The largest absolute Gasteiger partial charge is 0.353 e. The van der Waals surface area contributed by atoms with Crippen LogP contribution in [0.2, 0.25) is 0 Å². The lowest BCUT2D eigenvalue weighted by molar-refractivity contribution is -0.131. The van der Waals surface area contributed by atoms with Crippen LogP contribution in [0.5, 0.6) is 0 Å². The second kappa shape index (κ2) is 6.24. The van der Waals surface area contributed by atoms with Gasteiger partial charge in [0.05, 0.1) is 5.41 Å². The van der Waals surface area contributed by atoms with Crippen molar-refractivity contribution in [2.24, 2.45) is 5.41 Å². The zero-order chi connectivity index (χ0) is 12.0. The fourth-order valence-corrected chi connectivity index (χ4v) is 2.63. The normalized spacial score (nSPS) is 26.7. The minimum Gasteiger partial charge on any atom is -0.353 e. The average Bonchev–Trinajstić information content (AvgIpc) is 2.68. The molecule has 2 atom stereocenters. The van der Waals surface area contributed by atoms with Gasteiger partial charge in [0, 0.05) is 12.6 Å². The molecule has 94 valence electrons. The van der Waals surface area contributed by atoms with Crippen molar-refractivity contribution in [1.29, 1.82) is 0 Å². The Balaban J connectivity index is 2.54. The molecule has 0 bridgehead atoms. The maximum Gasteiger partial charge on any atom is 0.227 e. The number of hydrogen-bond acceptors (Lipinski definition) is 2. The zero-order valence-corrected chi connectivity index (χ0v) is 10.9. The second-order valence-electron chi connectivity index (χ2n) is 5.12. The molecule has 0 saturated carbocycles. The molecule has 2 N–H and O–H groups in total. The topological polar surface area (TPSA) is 41.1 Å². The Morgan fingerprint density at radius 1 is 1.44 bits per heavy atom. The number of nitrogens with one attached hydrogen (secondary N) is 2. The smallest absolute Gasteiger partial charge is 0.227 e. The maximum absolute atomic E-state index is 12.3. The summed E-state index contributed by atoms with van der Waals surface area (Å²) < 4.78 is 0. The molecule has 1 saturated heterocycles. The average molecular weight is 226 g/mol. The predicted octanol–water partition coefficient (Wildman–Crippen LogP) is 2.07. The Hall–Kier alpha value is -0.570. The molecule has 3 nitrogen and oxygen atoms in total. The Morgan fingerprint density at radius 3 is 2.69 bits per heavy atom. The Labute approximate surface area is 99.4 Å². The van der Waals surface area contributed by atoms with Crippen molar-refractivity contribution in [3.8, 4) is 0 Å². The molecule has 1 rings (SSSR count). The van der Waals surface area contributed by atoms with Gasteiger partial charge in [-0.2, -0.15) is 0 Å². The molecule has 1 amide bonds. The van der Waals surface area contributed by atoms with Gasteiger partial charge in [-0.3, -0.25) is 4.79 Å². The molecule has 1 aliphatic rings. The molecule has 0 aliphatic carbocycles. The molecule has 1 heterocycles. The van der Waals surface area contributed by atoms with Crippen LogP contribution < -0.4 is 10.6 Å². The molecule has 16 heavy (non-hydrogen) atoms. The first-order chi connectivity index (χ1) is 7.64. The highest BCUT2D eigenvalue weighted by Crippen LogP contribution is 2.31. The van der Waals surface area contributed by atoms with E-state index in [1.54, 1.807) is 0 Å². The van der Waals surface area contributed by atoms with Crippen LogP contribution in [0.15, 0.2) is 0 Å². The molecule has 0 aromatic rings. The van der Waals surface area contributed by atoms with Gasteiger partial charge < -0.3 is 10.6 Å². The van der Waals surface area contributed by atoms with E-state index >= 15 is 0 Å². The lowest BCUT2D eigenvalue weighted by atomic mass is 9.81. The fourth-order valence-electron chi connectivity index (χ4n) is 2.63. The monoisotopic (exact) mass is 226 g/mol. The summed E-state index contributed by atoms with van der Waals surface area (Å²) in [5, 5.41) is 6.49. The molecule has 3 heteroatoms. The van der Waals surface area contributed by atoms with Crippen molar-refractivity contribution in [3.63, 3.8) is 0 Å². The van der Waals surface area contributed by atoms with Gasteiger partial charge >= 0.3 is 0 Å². The van der Waals surface area contributed by atoms with Crippen LogP contribution in [0, 0.1) is 5.41 Å². The summed E-state index contributed by atoms with van der Waals surface area (Å²) in [7, 11) is 0. The first-order valence-electron chi connectivity index (χ1n) is 6.66. The SMILES string of the molecule is CCCC(C)NC(=O)C1(CCC)CCNC1. The zero-order valence-electron chi connectivity index (χ0n) is 10.9. The van der Waals surface area contributed by atoms with Gasteiger partial charge in [-0.05, 0) is 32.7 Å². The number of carbonyl (C=O) groups is 1. The maximum atomic E-state index is 12.3. The summed E-state index contributed by atoms with van der Waals surface area (Å²) >= 11 is 0. The quantitative estimate of drug-likeness (QED) is 0.728. The highest BCUT2D eigenvalue weighted by atomic mass is 16.2. The minimum absolute atomic E-state index is 0.128. The van der Waals surface area contributed by atoms with Crippen LogP contribution >= 0.6 is 0 Å². The highest BCUT2D eigenvalue weighted by Gasteiger charge is 2.40. The third-order valence-electron chi connectivity index (χ3n) is 3.55. The van der Waals surface area contributed by atoms with Gasteiger partial charge in [0.1, 0.15) is 0 Å². The standard InChI is InChI=1S/C13H26N2O/c1-4-6-11(3)15-12(16)13(7-5-2)8-9-14-10-13/h11,14H,4-10H2,1-3H3,(H,15,16). The highest BCUT2D eigenvalue weighted by molar-refractivity contribution is 5.83. The fraction of sp³-hybridized carbons (Fsp3) is 0.923. The molecule has 2 unspecified atom stereocenters. The van der Waals surface area contributed by atoms with Crippen molar-refractivity contribution in [2.45, 2.75) is 58.9 Å². The Bertz CT molecular complexity index is 222. The van der Waals surface area contributed by atoms with E-state index in [9.17, 15) is 4.79 Å². The van der Waals surface area contributed by atoms with Gasteiger partial charge in [-0.15, -0.1) is 0 Å². The predicted molar refractivity (Wildman–Crippen MR) is 67.3 cm³/mol. The van der Waals surface area contributed by atoms with Crippen LogP contribution in [0.1, 0.15) is 52.9 Å². The van der Waals surface area contributed by atoms with Gasteiger partial charge in [-0.1, -0.05) is 26.7 Å². The molecular weight excluding hydrogens is 200 g/mol. The van der Waals surface area contributed by atoms with Crippen molar-refractivity contribution < 1.29 is 4.79 Å². The van der Waals surface area contributed by atoms with Gasteiger partial charge in [0.25, 0.3) is 0 Å². The van der Waals surface area contributed by atoms with Crippen LogP contribution in [0.4, 0.5) is 0 Å². The van der Waals surface area contributed by atoms with Crippen LogP contribution in [-0.2, 0) is 4.79 Å². The molecule has 0 aromatic heterocycles. The van der Waals surface area contributed by atoms with E-state index in [1.165, 1.54) is 0 Å². The van der Waals surface area contributed by atoms with Gasteiger partial charge in [-0.25, -0.2) is 0 Å². The minimum atomic E-state index is -0.128. The Kier molecular flexibility index (Phi) is 5.26. The lowest BCUT2D eigenvalue weighted by Gasteiger charge is -2.28. The summed E-state index contributed by atoms with van der Waals surface area (Å²) in [6, 6.07) is 0.312. The molecule has 1 aliphatic heterocycles. The lowest BCUT2D eigenvalue weighted by Crippen LogP contribution is -2.45. The number of amides is 1. The van der Waals surface area contributed by atoms with E-state index in [0.29, 0.717) is 6.04 Å².